The third kappa shape index (κ3) is 4.97. The van der Waals surface area contributed by atoms with Gasteiger partial charge in [-0.2, -0.15) is 8.42 Å². The summed E-state index contributed by atoms with van der Waals surface area (Å²) in [6.07, 6.45) is 0.471. The summed E-state index contributed by atoms with van der Waals surface area (Å²) in [6.45, 7) is 0. The molecule has 5 nitrogen and oxygen atoms in total. The van der Waals surface area contributed by atoms with Crippen molar-refractivity contribution in [2.75, 3.05) is 11.4 Å². The molecule has 0 atom stereocenters. The fourth-order valence-electron chi connectivity index (χ4n) is 1.99. The average Bonchev–Trinajstić information content (AvgIpc) is 2.53. The van der Waals surface area contributed by atoms with Gasteiger partial charge in [0.15, 0.2) is 0 Å². The van der Waals surface area contributed by atoms with Gasteiger partial charge in [0.05, 0.1) is 5.69 Å². The van der Waals surface area contributed by atoms with Gasteiger partial charge in [-0.15, -0.1) is 0 Å². The number of carbonyl (C=O) groups is 1. The molecule has 1 amide bonds. The maximum Gasteiger partial charge on any atom is 0.325 e. The second-order valence-corrected chi connectivity index (χ2v) is 7.10. The smallest absolute Gasteiger partial charge is 0.274 e. The van der Waals surface area contributed by atoms with Crippen molar-refractivity contribution >= 4 is 33.4 Å². The third-order valence-electron chi connectivity index (χ3n) is 3.25. The normalized spacial score (nSPS) is 11.0. The standard InChI is InChI=1S/C16H17ClN2O3S/c1-19(15-8-3-2-4-9-15)23(21,22)18-16(20)11-10-13-6-5-7-14(17)12-13/h2-9,12H,10-11H2,1H3,(H,18,20). The van der Waals surface area contributed by atoms with Crippen LogP contribution < -0.4 is 9.03 Å². The van der Waals surface area contributed by atoms with Gasteiger partial charge >= 0.3 is 10.2 Å². The quantitative estimate of drug-likeness (QED) is 0.869. The van der Waals surface area contributed by atoms with E-state index in [9.17, 15) is 13.2 Å². The Labute approximate surface area is 141 Å². The number of anilines is 1. The van der Waals surface area contributed by atoms with Crippen LogP contribution in [0.4, 0.5) is 5.69 Å². The van der Waals surface area contributed by atoms with Crippen LogP contribution in [-0.4, -0.2) is 21.4 Å². The van der Waals surface area contributed by atoms with Crippen molar-refractivity contribution in [1.82, 2.24) is 4.72 Å². The summed E-state index contributed by atoms with van der Waals surface area (Å²) in [6, 6.07) is 15.6. The topological polar surface area (TPSA) is 66.5 Å². The van der Waals surface area contributed by atoms with Gasteiger partial charge in [-0.1, -0.05) is 41.9 Å². The molecule has 0 saturated carbocycles. The monoisotopic (exact) mass is 352 g/mol. The van der Waals surface area contributed by atoms with Gasteiger partial charge in [-0.05, 0) is 36.2 Å². The first-order valence-electron chi connectivity index (χ1n) is 6.97. The molecule has 0 fully saturated rings. The second kappa shape index (κ2) is 7.48. The molecule has 0 aromatic heterocycles. The van der Waals surface area contributed by atoms with Crippen LogP contribution in [0.1, 0.15) is 12.0 Å². The van der Waals surface area contributed by atoms with E-state index < -0.39 is 16.1 Å². The molecule has 0 aliphatic heterocycles. The third-order valence-corrected chi connectivity index (χ3v) is 4.91. The number of hydrogen-bond donors (Lipinski definition) is 1. The summed E-state index contributed by atoms with van der Waals surface area (Å²) < 4.78 is 27.5. The highest BCUT2D eigenvalue weighted by Crippen LogP contribution is 2.15. The maximum absolute atomic E-state index is 12.2. The van der Waals surface area contributed by atoms with Gasteiger partial charge in [0.2, 0.25) is 5.91 Å². The zero-order valence-corrected chi connectivity index (χ0v) is 14.1. The number of carbonyl (C=O) groups excluding carboxylic acids is 1. The Morgan fingerprint density at radius 2 is 1.83 bits per heavy atom. The summed E-state index contributed by atoms with van der Waals surface area (Å²) in [5, 5.41) is 0.583. The summed E-state index contributed by atoms with van der Waals surface area (Å²) in [5.74, 6) is -0.562. The number of nitrogens with zero attached hydrogens (tertiary/aromatic N) is 1. The Balaban J connectivity index is 1.96. The van der Waals surface area contributed by atoms with Gasteiger partial charge < -0.3 is 0 Å². The van der Waals surface area contributed by atoms with Crippen molar-refractivity contribution in [1.29, 1.82) is 0 Å². The first-order valence-corrected chi connectivity index (χ1v) is 8.79. The van der Waals surface area contributed by atoms with Crippen molar-refractivity contribution in [3.05, 3.63) is 65.2 Å². The van der Waals surface area contributed by atoms with E-state index in [0.29, 0.717) is 17.1 Å². The van der Waals surface area contributed by atoms with Crippen LogP contribution in [0.3, 0.4) is 0 Å². The SMILES string of the molecule is CN(c1ccccc1)S(=O)(=O)NC(=O)CCc1cccc(Cl)c1. The number of halogens is 1. The van der Waals surface area contributed by atoms with Crippen LogP contribution in [0.2, 0.25) is 5.02 Å². The van der Waals surface area contributed by atoms with Gasteiger partial charge in [-0.25, -0.2) is 4.72 Å². The number of benzene rings is 2. The highest BCUT2D eigenvalue weighted by Gasteiger charge is 2.20. The molecule has 1 N–H and O–H groups in total. The molecule has 122 valence electrons. The van der Waals surface area contributed by atoms with Gasteiger partial charge in [-0.3, -0.25) is 9.10 Å². The molecule has 0 unspecified atom stereocenters. The lowest BCUT2D eigenvalue weighted by atomic mass is 10.1. The van der Waals surface area contributed by atoms with Crippen LogP contribution in [0.25, 0.3) is 0 Å². The molecule has 2 aromatic rings. The van der Waals surface area contributed by atoms with Crippen molar-refractivity contribution < 1.29 is 13.2 Å². The minimum Gasteiger partial charge on any atom is -0.274 e. The lowest BCUT2D eigenvalue weighted by Gasteiger charge is -2.19. The van der Waals surface area contributed by atoms with E-state index in [0.717, 1.165) is 9.87 Å². The fraction of sp³-hybridized carbons (Fsp3) is 0.188. The molecule has 0 aliphatic rings. The van der Waals surface area contributed by atoms with E-state index >= 15 is 0 Å². The Kier molecular flexibility index (Phi) is 5.63. The van der Waals surface area contributed by atoms with Crippen LogP contribution in [-0.2, 0) is 21.4 Å². The molecule has 2 aromatic carbocycles. The van der Waals surface area contributed by atoms with Gasteiger partial charge in [0.25, 0.3) is 0 Å². The number of rotatable bonds is 6. The Hall–Kier alpha value is -2.05. The summed E-state index contributed by atoms with van der Waals surface area (Å²) in [5.41, 5.74) is 1.35. The van der Waals surface area contributed by atoms with E-state index in [1.165, 1.54) is 7.05 Å². The molecule has 0 radical (unpaired) electrons. The van der Waals surface area contributed by atoms with Gasteiger partial charge in [0, 0.05) is 18.5 Å². The highest BCUT2D eigenvalue weighted by atomic mass is 35.5. The lowest BCUT2D eigenvalue weighted by molar-refractivity contribution is -0.119. The molecular formula is C16H17ClN2O3S. The van der Waals surface area contributed by atoms with E-state index in [1.807, 2.05) is 6.07 Å². The van der Waals surface area contributed by atoms with Crippen LogP contribution in [0, 0.1) is 0 Å². The van der Waals surface area contributed by atoms with E-state index in [2.05, 4.69) is 4.72 Å². The average molecular weight is 353 g/mol. The van der Waals surface area contributed by atoms with E-state index in [4.69, 9.17) is 11.6 Å². The van der Waals surface area contributed by atoms with Crippen molar-refractivity contribution in [3.8, 4) is 0 Å². The largest absolute Gasteiger partial charge is 0.325 e. The number of aryl methyl sites for hydroxylation is 1. The molecule has 23 heavy (non-hydrogen) atoms. The van der Waals surface area contributed by atoms with Crippen LogP contribution in [0.15, 0.2) is 54.6 Å². The number of para-hydroxylation sites is 1. The van der Waals surface area contributed by atoms with Crippen molar-refractivity contribution in [2.24, 2.45) is 0 Å². The van der Waals surface area contributed by atoms with E-state index in [-0.39, 0.29) is 6.42 Å². The highest BCUT2D eigenvalue weighted by molar-refractivity contribution is 7.91. The molecule has 0 heterocycles. The molecule has 0 aliphatic carbocycles. The molecule has 0 bridgehead atoms. The zero-order valence-electron chi connectivity index (χ0n) is 12.6. The number of amides is 1. The summed E-state index contributed by atoms with van der Waals surface area (Å²) in [4.78, 5) is 11.9. The minimum absolute atomic E-state index is 0.0577. The van der Waals surface area contributed by atoms with Crippen LogP contribution in [0.5, 0.6) is 0 Å². The molecule has 0 spiro atoms. The number of nitrogens with one attached hydrogen (secondary N) is 1. The first-order chi connectivity index (χ1) is 10.9. The molecule has 0 saturated heterocycles. The summed E-state index contributed by atoms with van der Waals surface area (Å²) in [7, 11) is -2.53. The van der Waals surface area contributed by atoms with E-state index in [1.54, 1.807) is 48.5 Å². The summed E-state index contributed by atoms with van der Waals surface area (Å²) >= 11 is 5.87. The van der Waals surface area contributed by atoms with Crippen molar-refractivity contribution in [2.45, 2.75) is 12.8 Å². The zero-order chi connectivity index (χ0) is 16.9. The van der Waals surface area contributed by atoms with Crippen molar-refractivity contribution in [3.63, 3.8) is 0 Å². The van der Waals surface area contributed by atoms with Crippen LogP contribution >= 0.6 is 11.6 Å². The molecule has 7 heteroatoms. The second-order valence-electron chi connectivity index (χ2n) is 4.96. The predicted octanol–water partition coefficient (Wildman–Crippen LogP) is 2.77. The number of hydrogen-bond acceptors (Lipinski definition) is 3. The van der Waals surface area contributed by atoms with Gasteiger partial charge in [0.1, 0.15) is 0 Å². The predicted molar refractivity (Wildman–Crippen MR) is 91.7 cm³/mol. The lowest BCUT2D eigenvalue weighted by Crippen LogP contribution is -2.41. The molecule has 2 rings (SSSR count). The Bertz CT molecular complexity index is 779. The molecular weight excluding hydrogens is 336 g/mol. The fourth-order valence-corrected chi connectivity index (χ4v) is 3.13. The minimum atomic E-state index is -3.92. The Morgan fingerprint density at radius 1 is 1.13 bits per heavy atom. The maximum atomic E-state index is 12.2. The Morgan fingerprint density at radius 3 is 2.48 bits per heavy atom. The first kappa shape index (κ1) is 17.3.